The predicted molar refractivity (Wildman–Crippen MR) is 73.0 cm³/mol. The van der Waals surface area contributed by atoms with E-state index in [0.717, 1.165) is 36.0 Å². The summed E-state index contributed by atoms with van der Waals surface area (Å²) in [6.07, 6.45) is 2.23. The molecule has 1 aromatic rings. The largest absolute Gasteiger partial charge is 0.381 e. The highest BCUT2D eigenvalue weighted by Gasteiger charge is 2.20. The van der Waals surface area contributed by atoms with Crippen LogP contribution in [0.1, 0.15) is 24.5 Å². The number of halogens is 2. The molecular weight excluding hydrogens is 334 g/mol. The molecule has 0 aromatic heterocycles. The molecule has 1 aromatic carbocycles. The molecule has 1 aliphatic heterocycles. The Kier molecular flexibility index (Phi) is 5.18. The van der Waals surface area contributed by atoms with Crippen molar-refractivity contribution >= 4 is 22.6 Å². The van der Waals surface area contributed by atoms with Crippen LogP contribution in [-0.4, -0.2) is 23.7 Å². The van der Waals surface area contributed by atoms with E-state index in [2.05, 4.69) is 22.6 Å². The summed E-state index contributed by atoms with van der Waals surface area (Å²) < 4.78 is 25.1. The first kappa shape index (κ1) is 13.2. The summed E-state index contributed by atoms with van der Waals surface area (Å²) in [7, 11) is 0. The Morgan fingerprint density at radius 1 is 1.29 bits per heavy atom. The topological polar surface area (TPSA) is 18.5 Å². The number of ether oxygens (including phenoxy) is 2. The van der Waals surface area contributed by atoms with Crippen molar-refractivity contribution in [3.63, 3.8) is 0 Å². The molecule has 4 heteroatoms. The molecule has 1 fully saturated rings. The fourth-order valence-corrected chi connectivity index (χ4v) is 2.64. The van der Waals surface area contributed by atoms with Crippen LogP contribution < -0.4 is 0 Å². The summed E-state index contributed by atoms with van der Waals surface area (Å²) in [5.41, 5.74) is 1.05. The van der Waals surface area contributed by atoms with Gasteiger partial charge in [0.05, 0.1) is 12.2 Å². The molecule has 0 aliphatic carbocycles. The van der Waals surface area contributed by atoms with Crippen LogP contribution in [0.5, 0.6) is 0 Å². The van der Waals surface area contributed by atoms with Crippen LogP contribution in [0.15, 0.2) is 24.3 Å². The molecule has 2 nitrogen and oxygen atoms in total. The zero-order valence-corrected chi connectivity index (χ0v) is 11.7. The van der Waals surface area contributed by atoms with Crippen LogP contribution >= 0.6 is 22.6 Å². The van der Waals surface area contributed by atoms with E-state index >= 15 is 0 Å². The van der Waals surface area contributed by atoms with Crippen molar-refractivity contribution in [2.24, 2.45) is 0 Å². The number of alkyl halides is 1. The summed E-state index contributed by atoms with van der Waals surface area (Å²) in [6.45, 7) is 1.56. The average molecular weight is 350 g/mol. The van der Waals surface area contributed by atoms with Gasteiger partial charge in [0.1, 0.15) is 5.82 Å². The van der Waals surface area contributed by atoms with Gasteiger partial charge in [-0.1, -0.05) is 34.7 Å². The van der Waals surface area contributed by atoms with Crippen molar-refractivity contribution in [1.82, 2.24) is 0 Å². The molecule has 1 atom stereocenters. The van der Waals surface area contributed by atoms with Crippen molar-refractivity contribution in [3.05, 3.63) is 35.6 Å². The lowest BCUT2D eigenvalue weighted by Crippen LogP contribution is -2.25. The number of rotatable bonds is 4. The lowest BCUT2D eigenvalue weighted by molar-refractivity contribution is -0.0611. The zero-order chi connectivity index (χ0) is 12.1. The highest BCUT2D eigenvalue weighted by Crippen LogP contribution is 2.25. The summed E-state index contributed by atoms with van der Waals surface area (Å²) in [5, 5.41) is 0. The fourth-order valence-electron chi connectivity index (χ4n) is 1.93. The maximum Gasteiger partial charge on any atom is 0.123 e. The molecule has 1 heterocycles. The van der Waals surface area contributed by atoms with Gasteiger partial charge in [-0.15, -0.1) is 0 Å². The standard InChI is InChI=1S/C13H16FIO2/c14-11-3-1-10(2-4-11)13(9-15)17-12-5-7-16-8-6-12/h1-4,12-13H,5-9H2. The molecule has 0 bridgehead atoms. The van der Waals surface area contributed by atoms with Crippen molar-refractivity contribution in [2.45, 2.75) is 25.0 Å². The van der Waals surface area contributed by atoms with Crippen molar-refractivity contribution in [1.29, 1.82) is 0 Å². The molecule has 0 saturated carbocycles. The van der Waals surface area contributed by atoms with Crippen LogP contribution in [0, 0.1) is 5.82 Å². The SMILES string of the molecule is Fc1ccc(C(CI)OC2CCOCC2)cc1. The van der Waals surface area contributed by atoms with E-state index in [1.807, 2.05) is 0 Å². The Hall–Kier alpha value is -0.200. The van der Waals surface area contributed by atoms with Crippen LogP contribution in [0.4, 0.5) is 4.39 Å². The Bertz CT molecular complexity index is 336. The Labute approximate surface area is 115 Å². The van der Waals surface area contributed by atoms with E-state index in [-0.39, 0.29) is 18.0 Å². The second kappa shape index (κ2) is 6.66. The van der Waals surface area contributed by atoms with Gasteiger partial charge >= 0.3 is 0 Å². The maximum absolute atomic E-state index is 12.9. The van der Waals surface area contributed by atoms with Gasteiger partial charge < -0.3 is 9.47 Å². The minimum absolute atomic E-state index is 0.0549. The average Bonchev–Trinajstić information content (AvgIpc) is 2.38. The first-order valence-corrected chi connectivity index (χ1v) is 7.37. The third-order valence-corrected chi connectivity index (χ3v) is 3.71. The number of benzene rings is 1. The number of hydrogen-bond donors (Lipinski definition) is 0. The van der Waals surface area contributed by atoms with E-state index in [4.69, 9.17) is 9.47 Å². The van der Waals surface area contributed by atoms with Gasteiger partial charge in [0, 0.05) is 17.6 Å². The second-order valence-electron chi connectivity index (χ2n) is 4.14. The lowest BCUT2D eigenvalue weighted by atomic mass is 10.1. The minimum atomic E-state index is -0.202. The third-order valence-electron chi connectivity index (χ3n) is 2.91. The first-order valence-electron chi connectivity index (χ1n) is 5.84. The Morgan fingerprint density at radius 2 is 1.94 bits per heavy atom. The number of hydrogen-bond acceptors (Lipinski definition) is 2. The van der Waals surface area contributed by atoms with Crippen molar-refractivity contribution in [2.75, 3.05) is 17.6 Å². The third kappa shape index (κ3) is 3.89. The van der Waals surface area contributed by atoms with Crippen LogP contribution in [-0.2, 0) is 9.47 Å². The Balaban J connectivity index is 1.97. The smallest absolute Gasteiger partial charge is 0.123 e. The molecule has 0 amide bonds. The van der Waals surface area contributed by atoms with Gasteiger partial charge in [0.2, 0.25) is 0 Å². The van der Waals surface area contributed by atoms with Gasteiger partial charge in [-0.25, -0.2) is 4.39 Å². The van der Waals surface area contributed by atoms with Crippen molar-refractivity contribution in [3.8, 4) is 0 Å². The maximum atomic E-state index is 12.9. The van der Waals surface area contributed by atoms with Gasteiger partial charge in [-0.3, -0.25) is 0 Å². The van der Waals surface area contributed by atoms with Crippen LogP contribution in [0.25, 0.3) is 0 Å². The summed E-state index contributed by atoms with van der Waals surface area (Å²) in [5.74, 6) is -0.202. The molecule has 2 rings (SSSR count). The lowest BCUT2D eigenvalue weighted by Gasteiger charge is -2.27. The van der Waals surface area contributed by atoms with Gasteiger partial charge in [0.15, 0.2) is 0 Å². The van der Waals surface area contributed by atoms with E-state index < -0.39 is 0 Å². The molecule has 1 aliphatic rings. The van der Waals surface area contributed by atoms with E-state index in [1.165, 1.54) is 12.1 Å². The van der Waals surface area contributed by atoms with Gasteiger partial charge in [0.25, 0.3) is 0 Å². The minimum Gasteiger partial charge on any atom is -0.381 e. The van der Waals surface area contributed by atoms with Crippen molar-refractivity contribution < 1.29 is 13.9 Å². The zero-order valence-electron chi connectivity index (χ0n) is 9.57. The van der Waals surface area contributed by atoms with Gasteiger partial charge in [-0.05, 0) is 30.5 Å². The monoisotopic (exact) mass is 350 g/mol. The fraction of sp³-hybridized carbons (Fsp3) is 0.538. The highest BCUT2D eigenvalue weighted by molar-refractivity contribution is 14.1. The van der Waals surface area contributed by atoms with E-state index in [1.54, 1.807) is 12.1 Å². The summed E-state index contributed by atoms with van der Waals surface area (Å²) in [4.78, 5) is 0. The van der Waals surface area contributed by atoms with Crippen LogP contribution in [0.2, 0.25) is 0 Å². The molecule has 0 spiro atoms. The Morgan fingerprint density at radius 3 is 2.53 bits per heavy atom. The normalized spacial score (nSPS) is 19.2. The van der Waals surface area contributed by atoms with Gasteiger partial charge in [-0.2, -0.15) is 0 Å². The van der Waals surface area contributed by atoms with E-state index in [0.29, 0.717) is 0 Å². The highest BCUT2D eigenvalue weighted by atomic mass is 127. The molecule has 0 N–H and O–H groups in total. The first-order chi connectivity index (χ1) is 8.29. The summed E-state index contributed by atoms with van der Waals surface area (Å²) >= 11 is 2.31. The molecule has 17 heavy (non-hydrogen) atoms. The molecular formula is C13H16FIO2. The van der Waals surface area contributed by atoms with Crippen LogP contribution in [0.3, 0.4) is 0 Å². The quantitative estimate of drug-likeness (QED) is 0.611. The summed E-state index contributed by atoms with van der Waals surface area (Å²) in [6, 6.07) is 6.58. The molecule has 0 radical (unpaired) electrons. The predicted octanol–water partition coefficient (Wildman–Crippen LogP) is 3.50. The molecule has 94 valence electrons. The molecule has 1 unspecified atom stereocenters. The molecule has 1 saturated heterocycles. The second-order valence-corrected chi connectivity index (χ2v) is 5.02. The van der Waals surface area contributed by atoms with E-state index in [9.17, 15) is 4.39 Å².